The smallest absolute Gasteiger partial charge is 0.348 e. The van der Waals surface area contributed by atoms with Gasteiger partial charge in [-0.2, -0.15) is 0 Å². The first kappa shape index (κ1) is 16.3. The van der Waals surface area contributed by atoms with Crippen molar-refractivity contribution in [2.24, 2.45) is 5.92 Å². The Balaban J connectivity index is 1.62. The van der Waals surface area contributed by atoms with Gasteiger partial charge in [0.2, 0.25) is 5.60 Å². The molecule has 0 aliphatic carbocycles. The van der Waals surface area contributed by atoms with Crippen LogP contribution in [-0.4, -0.2) is 54.4 Å². The Hall–Kier alpha value is -1.59. The van der Waals surface area contributed by atoms with Crippen LogP contribution in [0.1, 0.15) is 24.8 Å². The van der Waals surface area contributed by atoms with E-state index in [2.05, 4.69) is 4.90 Å². The molecule has 2 aliphatic heterocycles. The van der Waals surface area contributed by atoms with E-state index < -0.39 is 11.6 Å². The quantitative estimate of drug-likeness (QED) is 0.902. The topological polar surface area (TPSA) is 59.0 Å². The molecule has 2 saturated heterocycles. The number of benzene rings is 1. The molecule has 1 N–H and O–H groups in total. The number of ether oxygens (including phenoxy) is 2. The normalized spacial score (nSPS) is 24.5. The summed E-state index contributed by atoms with van der Waals surface area (Å²) in [6.07, 6.45) is 2.15. The standard InChI is InChI=1S/C18H25NO4/c1-14-3-2-4-16(11-14)23-18(17(20)21)6-8-19(9-7-18)12-15-5-10-22-13-15/h2-4,11,15H,5-10,12-13H2,1H3,(H,20,21). The van der Waals surface area contributed by atoms with Crippen LogP contribution >= 0.6 is 0 Å². The molecular weight excluding hydrogens is 294 g/mol. The zero-order valence-electron chi connectivity index (χ0n) is 13.7. The van der Waals surface area contributed by atoms with Crippen molar-refractivity contribution in [2.45, 2.75) is 31.8 Å². The SMILES string of the molecule is Cc1cccc(OC2(C(=O)O)CCN(CC3CCOC3)CC2)c1. The molecule has 2 heterocycles. The first-order chi connectivity index (χ1) is 11.1. The number of aryl methyl sites for hydroxylation is 1. The van der Waals surface area contributed by atoms with Gasteiger partial charge in [-0.15, -0.1) is 0 Å². The molecule has 0 bridgehead atoms. The van der Waals surface area contributed by atoms with Gasteiger partial charge in [0.25, 0.3) is 0 Å². The van der Waals surface area contributed by atoms with Crippen LogP contribution in [0, 0.1) is 12.8 Å². The summed E-state index contributed by atoms with van der Waals surface area (Å²) in [7, 11) is 0. The van der Waals surface area contributed by atoms with Gasteiger partial charge in [0.15, 0.2) is 0 Å². The van der Waals surface area contributed by atoms with Crippen molar-refractivity contribution in [1.29, 1.82) is 0 Å². The fourth-order valence-corrected chi connectivity index (χ4v) is 3.45. The third-order valence-corrected chi connectivity index (χ3v) is 4.90. The lowest BCUT2D eigenvalue weighted by molar-refractivity contribution is -0.159. The highest BCUT2D eigenvalue weighted by molar-refractivity contribution is 5.78. The van der Waals surface area contributed by atoms with E-state index in [1.165, 1.54) is 0 Å². The third-order valence-electron chi connectivity index (χ3n) is 4.90. The van der Waals surface area contributed by atoms with Gasteiger partial charge >= 0.3 is 5.97 Å². The first-order valence-corrected chi connectivity index (χ1v) is 8.37. The average molecular weight is 319 g/mol. The second-order valence-corrected chi connectivity index (χ2v) is 6.75. The number of carbonyl (C=O) groups is 1. The number of hydrogen-bond acceptors (Lipinski definition) is 4. The molecule has 5 nitrogen and oxygen atoms in total. The maximum Gasteiger partial charge on any atom is 0.348 e. The second kappa shape index (κ2) is 6.89. The van der Waals surface area contributed by atoms with E-state index in [1.54, 1.807) is 0 Å². The van der Waals surface area contributed by atoms with Crippen LogP contribution in [0.4, 0.5) is 0 Å². The highest BCUT2D eigenvalue weighted by Gasteiger charge is 2.44. The molecule has 0 aromatic heterocycles. The van der Waals surface area contributed by atoms with Gasteiger partial charge in [0, 0.05) is 39.1 Å². The van der Waals surface area contributed by atoms with Crippen molar-refractivity contribution in [2.75, 3.05) is 32.8 Å². The number of aliphatic carboxylic acids is 1. The Labute approximate surface area is 137 Å². The zero-order valence-corrected chi connectivity index (χ0v) is 13.7. The van der Waals surface area contributed by atoms with Gasteiger partial charge in [0.05, 0.1) is 6.61 Å². The summed E-state index contributed by atoms with van der Waals surface area (Å²) in [5.74, 6) is 0.373. The molecule has 23 heavy (non-hydrogen) atoms. The van der Waals surface area contributed by atoms with Gasteiger partial charge < -0.3 is 19.5 Å². The molecule has 1 atom stereocenters. The van der Waals surface area contributed by atoms with Crippen molar-refractivity contribution in [3.05, 3.63) is 29.8 Å². The van der Waals surface area contributed by atoms with Gasteiger partial charge in [-0.25, -0.2) is 4.79 Å². The van der Waals surface area contributed by atoms with E-state index in [9.17, 15) is 9.90 Å². The highest BCUT2D eigenvalue weighted by atomic mass is 16.5. The van der Waals surface area contributed by atoms with Crippen LogP contribution in [0.15, 0.2) is 24.3 Å². The fourth-order valence-electron chi connectivity index (χ4n) is 3.45. The highest BCUT2D eigenvalue weighted by Crippen LogP contribution is 2.30. The maximum atomic E-state index is 11.9. The van der Waals surface area contributed by atoms with Crippen molar-refractivity contribution >= 4 is 5.97 Å². The van der Waals surface area contributed by atoms with E-state index in [1.807, 2.05) is 31.2 Å². The van der Waals surface area contributed by atoms with E-state index in [-0.39, 0.29) is 0 Å². The minimum Gasteiger partial charge on any atom is -0.478 e. The van der Waals surface area contributed by atoms with E-state index in [0.29, 0.717) is 24.5 Å². The minimum atomic E-state index is -1.10. The third kappa shape index (κ3) is 3.85. The first-order valence-electron chi connectivity index (χ1n) is 8.37. The molecule has 1 aromatic rings. The summed E-state index contributed by atoms with van der Waals surface area (Å²) < 4.78 is 11.4. The predicted molar refractivity (Wildman–Crippen MR) is 86.8 cm³/mol. The van der Waals surface area contributed by atoms with Crippen molar-refractivity contribution < 1.29 is 19.4 Å². The van der Waals surface area contributed by atoms with Crippen LogP contribution in [0.3, 0.4) is 0 Å². The Bertz CT molecular complexity index is 546. The van der Waals surface area contributed by atoms with Crippen LogP contribution in [0.25, 0.3) is 0 Å². The van der Waals surface area contributed by atoms with Crippen molar-refractivity contribution in [1.82, 2.24) is 4.90 Å². The number of likely N-dealkylation sites (tertiary alicyclic amines) is 1. The molecule has 126 valence electrons. The Kier molecular flexibility index (Phi) is 4.87. The van der Waals surface area contributed by atoms with Crippen LogP contribution in [-0.2, 0) is 9.53 Å². The summed E-state index contributed by atoms with van der Waals surface area (Å²) in [5.41, 5.74) is -0.0297. The van der Waals surface area contributed by atoms with Gasteiger partial charge in [-0.1, -0.05) is 12.1 Å². The molecular formula is C18H25NO4. The predicted octanol–water partition coefficient (Wildman–Crippen LogP) is 2.33. The molecule has 1 aromatic carbocycles. The van der Waals surface area contributed by atoms with Crippen LogP contribution in [0.5, 0.6) is 5.75 Å². The molecule has 5 heteroatoms. The molecule has 1 unspecified atom stereocenters. The number of hydrogen-bond donors (Lipinski definition) is 1. The van der Waals surface area contributed by atoms with E-state index in [0.717, 1.165) is 44.8 Å². The van der Waals surface area contributed by atoms with Gasteiger partial charge in [-0.3, -0.25) is 0 Å². The van der Waals surface area contributed by atoms with Crippen molar-refractivity contribution in [3.63, 3.8) is 0 Å². The molecule has 2 fully saturated rings. The summed E-state index contributed by atoms with van der Waals surface area (Å²) in [5, 5.41) is 9.73. The maximum absolute atomic E-state index is 11.9. The Morgan fingerprint density at radius 1 is 1.43 bits per heavy atom. The molecule has 0 radical (unpaired) electrons. The molecule has 0 spiro atoms. The van der Waals surface area contributed by atoms with E-state index >= 15 is 0 Å². The van der Waals surface area contributed by atoms with E-state index in [4.69, 9.17) is 9.47 Å². The Morgan fingerprint density at radius 3 is 2.83 bits per heavy atom. The molecule has 2 aliphatic rings. The van der Waals surface area contributed by atoms with Gasteiger partial charge in [0.1, 0.15) is 5.75 Å². The molecule has 0 amide bonds. The number of carboxylic acid groups (broad SMARTS) is 1. The summed E-state index contributed by atoms with van der Waals surface area (Å²) >= 11 is 0. The second-order valence-electron chi connectivity index (χ2n) is 6.75. The number of carboxylic acids is 1. The number of rotatable bonds is 5. The monoisotopic (exact) mass is 319 g/mol. The number of nitrogens with zero attached hydrogens (tertiary/aromatic N) is 1. The molecule has 3 rings (SSSR count). The largest absolute Gasteiger partial charge is 0.478 e. The lowest BCUT2D eigenvalue weighted by Gasteiger charge is -2.39. The lowest BCUT2D eigenvalue weighted by atomic mass is 9.90. The molecule has 0 saturated carbocycles. The van der Waals surface area contributed by atoms with Crippen LogP contribution < -0.4 is 4.74 Å². The fraction of sp³-hybridized carbons (Fsp3) is 0.611. The lowest BCUT2D eigenvalue weighted by Crippen LogP contribution is -2.53. The van der Waals surface area contributed by atoms with Gasteiger partial charge in [-0.05, 0) is 37.0 Å². The summed E-state index contributed by atoms with van der Waals surface area (Å²) in [4.78, 5) is 14.2. The number of piperidine rings is 1. The Morgan fingerprint density at radius 2 is 2.22 bits per heavy atom. The van der Waals surface area contributed by atoms with Crippen molar-refractivity contribution in [3.8, 4) is 5.75 Å². The summed E-state index contributed by atoms with van der Waals surface area (Å²) in [6.45, 7) is 6.18. The summed E-state index contributed by atoms with van der Waals surface area (Å²) in [6, 6.07) is 7.61. The zero-order chi connectivity index (χ0) is 16.3. The van der Waals surface area contributed by atoms with Crippen LogP contribution in [0.2, 0.25) is 0 Å². The average Bonchev–Trinajstić information content (AvgIpc) is 3.02. The minimum absolute atomic E-state index is 0.518.